The summed E-state index contributed by atoms with van der Waals surface area (Å²) in [6.45, 7) is -0.131. The van der Waals surface area contributed by atoms with Crippen LogP contribution in [0.5, 0.6) is 10.9 Å². The van der Waals surface area contributed by atoms with E-state index in [-0.39, 0.29) is 6.61 Å². The van der Waals surface area contributed by atoms with Gasteiger partial charge in [0, 0.05) is 12.1 Å². The zero-order chi connectivity index (χ0) is 17.1. The molecule has 7 heteroatoms. The zero-order valence-electron chi connectivity index (χ0n) is 12.7. The second kappa shape index (κ2) is 7.27. The number of aliphatic hydroxyl groups excluding tert-OH is 1. The van der Waals surface area contributed by atoms with Crippen molar-refractivity contribution in [2.24, 2.45) is 0 Å². The summed E-state index contributed by atoms with van der Waals surface area (Å²) < 4.78 is 11.4. The molecule has 0 aliphatic heterocycles. The van der Waals surface area contributed by atoms with E-state index in [1.54, 1.807) is 30.3 Å². The van der Waals surface area contributed by atoms with Crippen LogP contribution in [0.2, 0.25) is 5.02 Å². The van der Waals surface area contributed by atoms with E-state index in [2.05, 4.69) is 4.98 Å². The van der Waals surface area contributed by atoms with Crippen LogP contribution in [0.4, 0.5) is 0 Å². The number of aromatic nitrogens is 1. The second-order valence-corrected chi connectivity index (χ2v) is 6.49. The van der Waals surface area contributed by atoms with Gasteiger partial charge in [0.05, 0.1) is 10.2 Å². The molecular formula is C17H14ClNO4S. The number of hydrogen-bond acceptors (Lipinski definition) is 6. The highest BCUT2D eigenvalue weighted by atomic mass is 35.5. The maximum Gasteiger partial charge on any atom is 0.279 e. The van der Waals surface area contributed by atoms with Gasteiger partial charge in [-0.25, -0.2) is 4.98 Å². The lowest BCUT2D eigenvalue weighted by molar-refractivity contribution is -0.131. The minimum absolute atomic E-state index is 0.131. The van der Waals surface area contributed by atoms with E-state index in [1.807, 2.05) is 12.1 Å². The van der Waals surface area contributed by atoms with E-state index in [4.69, 9.17) is 21.1 Å². The van der Waals surface area contributed by atoms with Crippen LogP contribution in [0.1, 0.15) is 11.7 Å². The first kappa shape index (κ1) is 16.9. The summed E-state index contributed by atoms with van der Waals surface area (Å²) in [6, 6.07) is 12.1. The number of carbonyl (C=O) groups is 1. The molecule has 5 nitrogen and oxygen atoms in total. The molecule has 0 spiro atoms. The number of hydrogen-bond donors (Lipinski definition) is 1. The lowest BCUT2D eigenvalue weighted by Crippen LogP contribution is -2.16. The van der Waals surface area contributed by atoms with Crippen molar-refractivity contribution in [3.8, 4) is 10.9 Å². The Hall–Kier alpha value is -1.99. The Balaban J connectivity index is 1.74. The summed E-state index contributed by atoms with van der Waals surface area (Å²) in [4.78, 5) is 16.0. The molecule has 1 aromatic heterocycles. The van der Waals surface area contributed by atoms with Crippen molar-refractivity contribution in [1.82, 2.24) is 4.98 Å². The van der Waals surface area contributed by atoms with Crippen LogP contribution < -0.4 is 4.74 Å². The van der Waals surface area contributed by atoms with Gasteiger partial charge >= 0.3 is 0 Å². The number of nitrogens with zero attached hydrogens (tertiary/aromatic N) is 1. The predicted octanol–water partition coefficient (Wildman–Crippen LogP) is 3.99. The van der Waals surface area contributed by atoms with Crippen molar-refractivity contribution in [2.45, 2.75) is 6.10 Å². The van der Waals surface area contributed by atoms with Crippen molar-refractivity contribution >= 4 is 38.9 Å². The largest absolute Gasteiger partial charge is 0.431 e. The smallest absolute Gasteiger partial charge is 0.279 e. The summed E-state index contributed by atoms with van der Waals surface area (Å²) in [7, 11) is 1.41. The molecule has 3 aromatic rings. The Labute approximate surface area is 147 Å². The summed E-state index contributed by atoms with van der Waals surface area (Å²) >= 11 is 7.35. The topological polar surface area (TPSA) is 68.7 Å². The third-order valence-corrected chi connectivity index (χ3v) is 4.45. The maximum atomic E-state index is 11.6. The number of aliphatic hydroxyl groups is 1. The Morgan fingerprint density at radius 1 is 1.29 bits per heavy atom. The monoisotopic (exact) mass is 363 g/mol. The van der Waals surface area contributed by atoms with Crippen LogP contribution in [0.25, 0.3) is 10.2 Å². The average molecular weight is 364 g/mol. The Kier molecular flexibility index (Phi) is 5.11. The first-order valence-corrected chi connectivity index (χ1v) is 8.30. The van der Waals surface area contributed by atoms with Crippen LogP contribution in [-0.4, -0.2) is 29.6 Å². The summed E-state index contributed by atoms with van der Waals surface area (Å²) in [5, 5.41) is 11.1. The van der Waals surface area contributed by atoms with Crippen molar-refractivity contribution < 1.29 is 19.4 Å². The molecule has 0 bridgehead atoms. The SMILES string of the molecule is COCC(=O)C(O)c1ccc(Oc2nc3ccc(Cl)cc3s2)cc1. The lowest BCUT2D eigenvalue weighted by Gasteiger charge is -2.10. The predicted molar refractivity (Wildman–Crippen MR) is 93.0 cm³/mol. The van der Waals surface area contributed by atoms with Crippen LogP contribution >= 0.6 is 22.9 Å². The maximum absolute atomic E-state index is 11.6. The van der Waals surface area contributed by atoms with E-state index in [9.17, 15) is 9.90 Å². The van der Waals surface area contributed by atoms with Crippen molar-refractivity contribution in [1.29, 1.82) is 0 Å². The highest BCUT2D eigenvalue weighted by molar-refractivity contribution is 7.20. The number of thiazole rings is 1. The molecule has 1 unspecified atom stereocenters. The Morgan fingerprint density at radius 2 is 2.04 bits per heavy atom. The minimum Gasteiger partial charge on any atom is -0.431 e. The van der Waals surface area contributed by atoms with Gasteiger partial charge in [0.2, 0.25) is 0 Å². The number of carbonyl (C=O) groups excluding carboxylic acids is 1. The fourth-order valence-electron chi connectivity index (χ4n) is 2.15. The summed E-state index contributed by atoms with van der Waals surface area (Å²) in [5.74, 6) is 0.171. The lowest BCUT2D eigenvalue weighted by atomic mass is 10.1. The molecule has 0 saturated heterocycles. The first-order valence-electron chi connectivity index (χ1n) is 7.10. The van der Waals surface area contributed by atoms with Gasteiger partial charge in [-0.1, -0.05) is 35.1 Å². The third-order valence-electron chi connectivity index (χ3n) is 3.32. The highest BCUT2D eigenvalue weighted by Crippen LogP contribution is 2.33. The van der Waals surface area contributed by atoms with Gasteiger partial charge in [0.1, 0.15) is 18.5 Å². The van der Waals surface area contributed by atoms with Gasteiger partial charge in [-0.05, 0) is 35.9 Å². The number of rotatable bonds is 6. The fourth-order valence-corrected chi connectivity index (χ4v) is 3.26. The van der Waals surface area contributed by atoms with E-state index in [1.165, 1.54) is 18.4 Å². The van der Waals surface area contributed by atoms with Crippen molar-refractivity contribution in [3.63, 3.8) is 0 Å². The number of halogens is 1. The van der Waals surface area contributed by atoms with Crippen LogP contribution in [0.15, 0.2) is 42.5 Å². The van der Waals surface area contributed by atoms with Crippen molar-refractivity contribution in [2.75, 3.05) is 13.7 Å². The number of fused-ring (bicyclic) bond motifs is 1. The molecule has 0 fully saturated rings. The van der Waals surface area contributed by atoms with Gasteiger partial charge in [0.25, 0.3) is 5.19 Å². The molecule has 24 heavy (non-hydrogen) atoms. The molecule has 3 rings (SSSR count). The molecule has 1 N–H and O–H groups in total. The molecule has 0 aliphatic carbocycles. The molecule has 2 aromatic carbocycles. The molecule has 1 atom stereocenters. The normalized spacial score (nSPS) is 12.3. The Morgan fingerprint density at radius 3 is 2.75 bits per heavy atom. The zero-order valence-corrected chi connectivity index (χ0v) is 14.3. The number of Topliss-reactive ketones (excluding diaryl/α,β-unsaturated/α-hetero) is 1. The van der Waals surface area contributed by atoms with E-state index in [0.29, 0.717) is 21.5 Å². The third kappa shape index (κ3) is 3.73. The van der Waals surface area contributed by atoms with Gasteiger partial charge < -0.3 is 14.6 Å². The fraction of sp³-hybridized carbons (Fsp3) is 0.176. The van der Waals surface area contributed by atoms with E-state index in [0.717, 1.165) is 10.2 Å². The Bertz CT molecular complexity index is 863. The standard InChI is InChI=1S/C17H14ClNO4S/c1-22-9-14(20)16(21)10-2-5-12(6-3-10)23-17-19-13-7-4-11(18)8-15(13)24-17/h2-8,16,21H,9H2,1H3. The van der Waals surface area contributed by atoms with Crippen molar-refractivity contribution in [3.05, 3.63) is 53.1 Å². The van der Waals surface area contributed by atoms with E-state index >= 15 is 0 Å². The van der Waals surface area contributed by atoms with E-state index < -0.39 is 11.9 Å². The average Bonchev–Trinajstić information content (AvgIpc) is 2.96. The van der Waals surface area contributed by atoms with Gasteiger partial charge in [-0.3, -0.25) is 4.79 Å². The first-order chi connectivity index (χ1) is 11.6. The highest BCUT2D eigenvalue weighted by Gasteiger charge is 2.17. The van der Waals surface area contributed by atoms with Gasteiger partial charge in [-0.2, -0.15) is 0 Å². The molecule has 0 saturated carbocycles. The van der Waals surface area contributed by atoms with Gasteiger partial charge in [-0.15, -0.1) is 0 Å². The van der Waals surface area contributed by atoms with Crippen LogP contribution in [0, 0.1) is 0 Å². The molecule has 0 aliphatic rings. The van der Waals surface area contributed by atoms with Crippen LogP contribution in [0.3, 0.4) is 0 Å². The summed E-state index contributed by atoms with van der Waals surface area (Å²) in [6.07, 6.45) is -1.21. The molecule has 124 valence electrons. The quantitative estimate of drug-likeness (QED) is 0.717. The number of ketones is 1. The summed E-state index contributed by atoms with van der Waals surface area (Å²) in [5.41, 5.74) is 1.30. The molecule has 0 radical (unpaired) electrons. The van der Waals surface area contributed by atoms with Gasteiger partial charge in [0.15, 0.2) is 5.78 Å². The number of ether oxygens (including phenoxy) is 2. The number of methoxy groups -OCH3 is 1. The second-order valence-electron chi connectivity index (χ2n) is 5.06. The minimum atomic E-state index is -1.21. The number of benzene rings is 2. The van der Waals surface area contributed by atoms with Crippen LogP contribution in [-0.2, 0) is 9.53 Å². The molecule has 1 heterocycles. The molecular weight excluding hydrogens is 350 g/mol. The molecule has 0 amide bonds.